The van der Waals surface area contributed by atoms with Crippen molar-refractivity contribution in [1.82, 2.24) is 4.57 Å². The van der Waals surface area contributed by atoms with Crippen molar-refractivity contribution in [3.63, 3.8) is 0 Å². The Labute approximate surface area is 159 Å². The van der Waals surface area contributed by atoms with Crippen molar-refractivity contribution in [1.29, 1.82) is 0 Å². The van der Waals surface area contributed by atoms with E-state index >= 15 is 8.78 Å². The number of benzene rings is 1. The number of ether oxygens (including phenoxy) is 1. The number of hydrogen-bond acceptors (Lipinski definition) is 5. The van der Waals surface area contributed by atoms with E-state index in [1.165, 1.54) is 4.57 Å². The van der Waals surface area contributed by atoms with Crippen LogP contribution in [0.25, 0.3) is 10.9 Å². The quantitative estimate of drug-likeness (QED) is 0.829. The van der Waals surface area contributed by atoms with Crippen molar-refractivity contribution in [2.45, 2.75) is 32.4 Å². The molecular formula is C19H21F2N3O4. The van der Waals surface area contributed by atoms with Crippen molar-refractivity contribution in [2.75, 3.05) is 24.6 Å². The van der Waals surface area contributed by atoms with Crippen LogP contribution >= 0.6 is 0 Å². The van der Waals surface area contributed by atoms with Crippen molar-refractivity contribution in [2.24, 2.45) is 11.7 Å². The normalized spacial score (nSPS) is 22.4. The molecule has 2 aliphatic rings. The topological polar surface area (TPSA) is 97.8 Å². The molecule has 150 valence electrons. The van der Waals surface area contributed by atoms with Gasteiger partial charge in [0.25, 0.3) is 5.56 Å². The van der Waals surface area contributed by atoms with E-state index in [0.29, 0.717) is 13.1 Å². The minimum absolute atomic E-state index is 0.0312. The Morgan fingerprint density at radius 1 is 1.39 bits per heavy atom. The van der Waals surface area contributed by atoms with Crippen LogP contribution in [0.2, 0.25) is 0 Å². The summed E-state index contributed by atoms with van der Waals surface area (Å²) < 4.78 is 37.0. The van der Waals surface area contributed by atoms with Crippen LogP contribution in [0.3, 0.4) is 0 Å². The number of nitrogens with two attached hydrogens (primary N) is 1. The molecule has 3 atom stereocenters. The fourth-order valence-electron chi connectivity index (χ4n) is 4.16. The number of nitrogens with zero attached hydrogens (tertiary/aromatic N) is 2. The third-order valence-electron chi connectivity index (χ3n) is 5.73. The first kappa shape index (κ1) is 18.7. The molecule has 3 heterocycles. The highest BCUT2D eigenvalue weighted by molar-refractivity contribution is 5.97. The van der Waals surface area contributed by atoms with Crippen LogP contribution in [0.4, 0.5) is 14.5 Å². The highest BCUT2D eigenvalue weighted by atomic mass is 19.2. The van der Waals surface area contributed by atoms with Crippen LogP contribution < -0.4 is 20.9 Å². The van der Waals surface area contributed by atoms with Crippen molar-refractivity contribution in [3.8, 4) is 5.75 Å². The lowest BCUT2D eigenvalue weighted by molar-refractivity contribution is 0.0694. The van der Waals surface area contributed by atoms with Gasteiger partial charge in [-0.2, -0.15) is 0 Å². The van der Waals surface area contributed by atoms with Gasteiger partial charge in [-0.25, -0.2) is 13.6 Å². The number of carbonyl (C=O) groups is 1. The summed E-state index contributed by atoms with van der Waals surface area (Å²) in [5.41, 5.74) is 4.66. The molecule has 0 saturated carbocycles. The van der Waals surface area contributed by atoms with E-state index in [1.54, 1.807) is 11.8 Å². The maximum absolute atomic E-state index is 15.1. The molecule has 0 amide bonds. The number of aromatic nitrogens is 1. The molecule has 1 fully saturated rings. The zero-order chi connectivity index (χ0) is 20.3. The Morgan fingerprint density at radius 3 is 2.71 bits per heavy atom. The summed E-state index contributed by atoms with van der Waals surface area (Å²) in [5, 5.41) is 9.03. The number of anilines is 1. The fourth-order valence-corrected chi connectivity index (χ4v) is 4.16. The van der Waals surface area contributed by atoms with Crippen LogP contribution in [0, 0.1) is 17.6 Å². The zero-order valence-electron chi connectivity index (χ0n) is 15.5. The minimum Gasteiger partial charge on any atom is -0.487 e. The number of halogens is 2. The van der Waals surface area contributed by atoms with Gasteiger partial charge in [0.2, 0.25) is 0 Å². The number of rotatable bonds is 3. The molecule has 1 saturated heterocycles. The molecule has 2 aromatic rings. The Balaban J connectivity index is 2.03. The highest BCUT2D eigenvalue weighted by Gasteiger charge is 2.36. The lowest BCUT2D eigenvalue weighted by Gasteiger charge is -2.31. The molecule has 0 unspecified atom stereocenters. The van der Waals surface area contributed by atoms with Crippen molar-refractivity contribution < 1.29 is 23.4 Å². The molecule has 1 aromatic heterocycles. The maximum Gasteiger partial charge on any atom is 0.341 e. The summed E-state index contributed by atoms with van der Waals surface area (Å²) in [6.07, 6.45) is 0.733. The lowest BCUT2D eigenvalue weighted by atomic mass is 10.0. The third kappa shape index (κ3) is 2.56. The van der Waals surface area contributed by atoms with E-state index in [9.17, 15) is 14.7 Å². The van der Waals surface area contributed by atoms with Crippen LogP contribution in [-0.4, -0.2) is 41.4 Å². The molecule has 0 bridgehead atoms. The van der Waals surface area contributed by atoms with Gasteiger partial charge >= 0.3 is 5.97 Å². The molecule has 9 heteroatoms. The summed E-state index contributed by atoms with van der Waals surface area (Å²) in [6, 6.07) is 0.278. The Hall–Kier alpha value is -2.68. The minimum atomic E-state index is -1.49. The van der Waals surface area contributed by atoms with Gasteiger partial charge in [-0.1, -0.05) is 0 Å². The summed E-state index contributed by atoms with van der Waals surface area (Å²) in [6.45, 7) is 4.52. The van der Waals surface area contributed by atoms with Crippen LogP contribution in [0.1, 0.15) is 36.7 Å². The van der Waals surface area contributed by atoms with E-state index in [1.807, 2.05) is 6.92 Å². The summed E-state index contributed by atoms with van der Waals surface area (Å²) >= 11 is 0. The van der Waals surface area contributed by atoms with Gasteiger partial charge in [0.1, 0.15) is 17.9 Å². The number of aromatic carboxylic acids is 1. The largest absolute Gasteiger partial charge is 0.487 e. The van der Waals surface area contributed by atoms with E-state index in [-0.39, 0.29) is 40.9 Å². The van der Waals surface area contributed by atoms with Gasteiger partial charge in [-0.3, -0.25) is 9.36 Å². The van der Waals surface area contributed by atoms with Gasteiger partial charge in [0.05, 0.1) is 11.6 Å². The standard InChI is InChI=1S/C19H21F2N3O4/c1-8-7-28-17-15-11(5-12(19(26)27)18(25)24(8)15)13(20)14(21)16(17)23-4-3-10(6-23)9(2)22/h5,8-10H,3-4,6-7,22H2,1-2H3,(H,26,27)/t8-,9-,10+/m0/s1. The number of carboxylic acid groups (broad SMARTS) is 1. The predicted molar refractivity (Wildman–Crippen MR) is 99.3 cm³/mol. The second-order valence-electron chi connectivity index (χ2n) is 7.62. The molecule has 7 nitrogen and oxygen atoms in total. The lowest BCUT2D eigenvalue weighted by Crippen LogP contribution is -2.35. The molecular weight excluding hydrogens is 372 g/mol. The SMILES string of the molecule is C[C@H](N)[C@@H]1CCN(c2c(F)c(F)c3cc(C(=O)O)c(=O)n4c3c2OC[C@@H]4C)C1. The van der Waals surface area contributed by atoms with Gasteiger partial charge in [0, 0.05) is 24.5 Å². The molecule has 4 rings (SSSR count). The first-order valence-corrected chi connectivity index (χ1v) is 9.19. The summed E-state index contributed by atoms with van der Waals surface area (Å²) in [5.74, 6) is -3.58. The van der Waals surface area contributed by atoms with Crippen molar-refractivity contribution >= 4 is 22.6 Å². The summed E-state index contributed by atoms with van der Waals surface area (Å²) in [7, 11) is 0. The number of hydrogen-bond donors (Lipinski definition) is 2. The van der Waals surface area contributed by atoms with Gasteiger partial charge in [-0.05, 0) is 32.3 Å². The van der Waals surface area contributed by atoms with E-state index in [4.69, 9.17) is 10.5 Å². The van der Waals surface area contributed by atoms with E-state index in [2.05, 4.69) is 0 Å². The average molecular weight is 393 g/mol. The van der Waals surface area contributed by atoms with E-state index in [0.717, 1.165) is 12.5 Å². The van der Waals surface area contributed by atoms with Gasteiger partial charge in [0.15, 0.2) is 17.4 Å². The molecule has 0 radical (unpaired) electrons. The first-order valence-electron chi connectivity index (χ1n) is 9.19. The highest BCUT2D eigenvalue weighted by Crippen LogP contribution is 2.45. The molecule has 0 aliphatic carbocycles. The predicted octanol–water partition coefficient (Wildman–Crippen LogP) is 2.10. The smallest absolute Gasteiger partial charge is 0.341 e. The van der Waals surface area contributed by atoms with Gasteiger partial charge in [-0.15, -0.1) is 0 Å². The first-order chi connectivity index (χ1) is 13.2. The second-order valence-corrected chi connectivity index (χ2v) is 7.62. The molecule has 2 aliphatic heterocycles. The molecule has 1 aromatic carbocycles. The third-order valence-corrected chi connectivity index (χ3v) is 5.73. The molecule has 3 N–H and O–H groups in total. The number of carboxylic acids is 1. The number of pyridine rings is 1. The molecule has 28 heavy (non-hydrogen) atoms. The maximum atomic E-state index is 15.1. The Kier molecular flexibility index (Phi) is 4.29. The van der Waals surface area contributed by atoms with E-state index < -0.39 is 34.8 Å². The monoisotopic (exact) mass is 393 g/mol. The fraction of sp³-hybridized carbons (Fsp3) is 0.474. The van der Waals surface area contributed by atoms with Crippen LogP contribution in [0.15, 0.2) is 10.9 Å². The average Bonchev–Trinajstić information content (AvgIpc) is 3.12. The zero-order valence-corrected chi connectivity index (χ0v) is 15.5. The Bertz CT molecular complexity index is 1050. The van der Waals surface area contributed by atoms with Gasteiger partial charge < -0.3 is 20.5 Å². The summed E-state index contributed by atoms with van der Waals surface area (Å²) in [4.78, 5) is 25.8. The van der Waals surface area contributed by atoms with Crippen LogP contribution in [-0.2, 0) is 0 Å². The second kappa shape index (κ2) is 6.44. The van der Waals surface area contributed by atoms with Crippen LogP contribution in [0.5, 0.6) is 5.75 Å². The Morgan fingerprint density at radius 2 is 2.11 bits per heavy atom. The van der Waals surface area contributed by atoms with Crippen molar-refractivity contribution in [3.05, 3.63) is 33.6 Å². The molecule has 0 spiro atoms.